The van der Waals surface area contributed by atoms with Crippen molar-refractivity contribution in [3.8, 4) is 0 Å². The van der Waals surface area contributed by atoms with E-state index in [1.807, 2.05) is 42.3 Å². The molecule has 0 aliphatic carbocycles. The fourth-order valence-electron chi connectivity index (χ4n) is 1.92. The lowest BCUT2D eigenvalue weighted by Crippen LogP contribution is -2.16. The molecule has 4 nitrogen and oxygen atoms in total. The van der Waals surface area contributed by atoms with Crippen LogP contribution in [0.5, 0.6) is 0 Å². The van der Waals surface area contributed by atoms with Crippen LogP contribution in [0.2, 0.25) is 0 Å². The Hall–Kier alpha value is -1.23. The van der Waals surface area contributed by atoms with Gasteiger partial charge in [-0.2, -0.15) is 5.10 Å². The van der Waals surface area contributed by atoms with Gasteiger partial charge in [-0.3, -0.25) is 9.58 Å². The van der Waals surface area contributed by atoms with E-state index in [1.165, 1.54) is 11.1 Å². The van der Waals surface area contributed by atoms with Gasteiger partial charge in [-0.1, -0.05) is 12.1 Å². The first kappa shape index (κ1) is 17.8. The van der Waals surface area contributed by atoms with Crippen LogP contribution in [0.25, 0.3) is 0 Å². The molecule has 0 atom stereocenters. The van der Waals surface area contributed by atoms with E-state index in [0.717, 1.165) is 18.8 Å². The molecule has 19 heavy (non-hydrogen) atoms. The lowest BCUT2D eigenvalue weighted by Gasteiger charge is -2.15. The minimum absolute atomic E-state index is 0. The Morgan fingerprint density at radius 3 is 2.47 bits per heavy atom. The summed E-state index contributed by atoms with van der Waals surface area (Å²) in [5.74, 6) is 0. The predicted molar refractivity (Wildman–Crippen MR) is 83.7 cm³/mol. The molecule has 0 spiro atoms. The van der Waals surface area contributed by atoms with E-state index in [4.69, 9.17) is 5.73 Å². The molecule has 0 aliphatic rings. The van der Waals surface area contributed by atoms with Crippen molar-refractivity contribution in [1.82, 2.24) is 14.7 Å². The van der Waals surface area contributed by atoms with E-state index in [0.29, 0.717) is 0 Å². The Kier molecular flexibility index (Phi) is 7.52. The van der Waals surface area contributed by atoms with Crippen LogP contribution in [0.4, 0.5) is 5.69 Å². The molecular formula is C13H20Cl2N4. The zero-order chi connectivity index (χ0) is 12.3. The van der Waals surface area contributed by atoms with Crippen molar-refractivity contribution in [1.29, 1.82) is 0 Å². The number of aromatic nitrogens is 2. The molecule has 6 heteroatoms. The number of nitrogen functional groups attached to an aromatic ring is 1. The van der Waals surface area contributed by atoms with Crippen LogP contribution >= 0.6 is 24.8 Å². The lowest BCUT2D eigenvalue weighted by atomic mass is 10.2. The van der Waals surface area contributed by atoms with Crippen LogP contribution in [-0.4, -0.2) is 21.7 Å². The second-order valence-electron chi connectivity index (χ2n) is 4.44. The molecule has 1 aromatic heterocycles. The normalized spacial score (nSPS) is 9.84. The van der Waals surface area contributed by atoms with E-state index in [9.17, 15) is 0 Å². The maximum absolute atomic E-state index is 5.76. The summed E-state index contributed by atoms with van der Waals surface area (Å²) in [5.41, 5.74) is 9.03. The van der Waals surface area contributed by atoms with Gasteiger partial charge in [0.05, 0.1) is 6.20 Å². The van der Waals surface area contributed by atoms with E-state index in [-0.39, 0.29) is 24.8 Å². The summed E-state index contributed by atoms with van der Waals surface area (Å²) >= 11 is 0. The van der Waals surface area contributed by atoms with Gasteiger partial charge in [-0.05, 0) is 24.7 Å². The van der Waals surface area contributed by atoms with Crippen LogP contribution < -0.4 is 5.73 Å². The molecule has 0 amide bonds. The Morgan fingerprint density at radius 2 is 1.89 bits per heavy atom. The Labute approximate surface area is 126 Å². The van der Waals surface area contributed by atoms with Crippen molar-refractivity contribution in [3.63, 3.8) is 0 Å². The summed E-state index contributed by atoms with van der Waals surface area (Å²) < 4.78 is 1.82. The molecule has 2 rings (SSSR count). The molecular weight excluding hydrogens is 283 g/mol. The Bertz CT molecular complexity index is 499. The highest BCUT2D eigenvalue weighted by molar-refractivity contribution is 5.85. The third kappa shape index (κ3) is 5.51. The third-order valence-electron chi connectivity index (χ3n) is 2.61. The summed E-state index contributed by atoms with van der Waals surface area (Å²) in [6, 6.07) is 8.00. The van der Waals surface area contributed by atoms with Gasteiger partial charge in [0.15, 0.2) is 0 Å². The molecule has 0 fully saturated rings. The predicted octanol–water partition coefficient (Wildman–Crippen LogP) is 2.48. The summed E-state index contributed by atoms with van der Waals surface area (Å²) in [4.78, 5) is 2.24. The number of hydrogen-bond donors (Lipinski definition) is 1. The van der Waals surface area contributed by atoms with Crippen LogP contribution in [0, 0.1) is 0 Å². The lowest BCUT2D eigenvalue weighted by molar-refractivity contribution is 0.319. The molecule has 106 valence electrons. The van der Waals surface area contributed by atoms with Gasteiger partial charge in [-0.15, -0.1) is 24.8 Å². The minimum Gasteiger partial charge on any atom is -0.399 e. The van der Waals surface area contributed by atoms with Crippen molar-refractivity contribution >= 4 is 30.5 Å². The average Bonchev–Trinajstić information content (AvgIpc) is 2.63. The van der Waals surface area contributed by atoms with Crippen LogP contribution in [-0.2, 0) is 20.1 Å². The smallest absolute Gasteiger partial charge is 0.0534 e. The summed E-state index contributed by atoms with van der Waals surface area (Å²) in [7, 11) is 4.03. The number of anilines is 1. The fraction of sp³-hybridized carbons (Fsp3) is 0.308. The number of nitrogens with two attached hydrogens (primary N) is 1. The first-order valence-electron chi connectivity index (χ1n) is 5.64. The van der Waals surface area contributed by atoms with Crippen LogP contribution in [0.1, 0.15) is 11.1 Å². The van der Waals surface area contributed by atoms with Gasteiger partial charge in [0.2, 0.25) is 0 Å². The van der Waals surface area contributed by atoms with Crippen molar-refractivity contribution in [2.24, 2.45) is 7.05 Å². The zero-order valence-electron chi connectivity index (χ0n) is 11.1. The Morgan fingerprint density at radius 1 is 1.21 bits per heavy atom. The van der Waals surface area contributed by atoms with E-state index < -0.39 is 0 Å². The van der Waals surface area contributed by atoms with Crippen LogP contribution in [0.3, 0.4) is 0 Å². The van der Waals surface area contributed by atoms with E-state index >= 15 is 0 Å². The standard InChI is InChI=1S/C13H18N4.2ClH/c1-16(9-12-7-15-17(2)10-12)8-11-4-3-5-13(14)6-11;;/h3-7,10H,8-9,14H2,1-2H3;2*1H. The highest BCUT2D eigenvalue weighted by Crippen LogP contribution is 2.10. The van der Waals surface area contributed by atoms with Gasteiger partial charge >= 0.3 is 0 Å². The number of hydrogen-bond acceptors (Lipinski definition) is 3. The highest BCUT2D eigenvalue weighted by Gasteiger charge is 2.03. The molecule has 2 aromatic rings. The van der Waals surface area contributed by atoms with Crippen molar-refractivity contribution in [2.45, 2.75) is 13.1 Å². The molecule has 0 saturated carbocycles. The second kappa shape index (κ2) is 8.04. The van der Waals surface area contributed by atoms with E-state index in [1.54, 1.807) is 0 Å². The highest BCUT2D eigenvalue weighted by atomic mass is 35.5. The maximum Gasteiger partial charge on any atom is 0.0534 e. The third-order valence-corrected chi connectivity index (χ3v) is 2.61. The number of benzene rings is 1. The van der Waals surface area contributed by atoms with Gasteiger partial charge in [0.25, 0.3) is 0 Å². The Balaban J connectivity index is 0.00000162. The number of nitrogens with zero attached hydrogens (tertiary/aromatic N) is 3. The second-order valence-corrected chi connectivity index (χ2v) is 4.44. The van der Waals surface area contributed by atoms with Gasteiger partial charge in [-0.25, -0.2) is 0 Å². The molecule has 0 radical (unpaired) electrons. The van der Waals surface area contributed by atoms with Crippen LogP contribution in [0.15, 0.2) is 36.7 Å². The zero-order valence-corrected chi connectivity index (χ0v) is 12.7. The molecule has 0 unspecified atom stereocenters. The molecule has 1 aromatic carbocycles. The molecule has 0 bridgehead atoms. The monoisotopic (exact) mass is 302 g/mol. The number of rotatable bonds is 4. The molecule has 1 heterocycles. The fourth-order valence-corrected chi connectivity index (χ4v) is 1.92. The largest absolute Gasteiger partial charge is 0.399 e. The average molecular weight is 303 g/mol. The van der Waals surface area contributed by atoms with Crippen molar-refractivity contribution < 1.29 is 0 Å². The van der Waals surface area contributed by atoms with Gasteiger partial charge in [0.1, 0.15) is 0 Å². The summed E-state index contributed by atoms with van der Waals surface area (Å²) in [5, 5.41) is 4.16. The topological polar surface area (TPSA) is 47.1 Å². The van der Waals surface area contributed by atoms with Crippen molar-refractivity contribution in [3.05, 3.63) is 47.8 Å². The molecule has 2 N–H and O–H groups in total. The van der Waals surface area contributed by atoms with E-state index in [2.05, 4.69) is 23.1 Å². The van der Waals surface area contributed by atoms with Gasteiger partial charge in [0, 0.05) is 37.6 Å². The SMILES string of the molecule is CN(Cc1cccc(N)c1)Cc1cnn(C)c1.Cl.Cl. The number of aryl methyl sites for hydroxylation is 1. The molecule has 0 saturated heterocycles. The van der Waals surface area contributed by atoms with Gasteiger partial charge < -0.3 is 5.73 Å². The summed E-state index contributed by atoms with van der Waals surface area (Å²) in [6.07, 6.45) is 3.94. The summed E-state index contributed by atoms with van der Waals surface area (Å²) in [6.45, 7) is 1.78. The molecule has 0 aliphatic heterocycles. The first-order valence-corrected chi connectivity index (χ1v) is 5.64. The minimum atomic E-state index is 0. The first-order chi connectivity index (χ1) is 8.13. The van der Waals surface area contributed by atoms with Crippen molar-refractivity contribution in [2.75, 3.05) is 12.8 Å². The maximum atomic E-state index is 5.76. The number of halogens is 2. The quantitative estimate of drug-likeness (QED) is 0.883.